The molecule has 2 aliphatic heterocycles. The maximum Gasteiger partial charge on any atom is 0.307 e. The number of carbonyl (C=O) groups is 1. The Balaban J connectivity index is 1.42. The number of allylic oxidation sites excluding steroid dienone is 1. The lowest BCUT2D eigenvalue weighted by molar-refractivity contribution is -0.136. The lowest BCUT2D eigenvalue weighted by Crippen LogP contribution is -2.13. The molecule has 6 nitrogen and oxygen atoms in total. The molecule has 0 saturated heterocycles. The van der Waals surface area contributed by atoms with E-state index in [0.29, 0.717) is 41.9 Å². The van der Waals surface area contributed by atoms with Gasteiger partial charge in [0.2, 0.25) is 0 Å². The summed E-state index contributed by atoms with van der Waals surface area (Å²) in [5.74, 6) is -1.35. The van der Waals surface area contributed by atoms with Crippen molar-refractivity contribution < 1.29 is 23.4 Å². The molecule has 39 heavy (non-hydrogen) atoms. The molecule has 6 rings (SSSR count). The fourth-order valence-electron chi connectivity index (χ4n) is 5.47. The fourth-order valence-corrected chi connectivity index (χ4v) is 6.53. The van der Waals surface area contributed by atoms with E-state index in [1.54, 1.807) is 28.4 Å². The third kappa shape index (κ3) is 4.76. The average molecular weight is 548 g/mol. The van der Waals surface area contributed by atoms with Gasteiger partial charge in [0.1, 0.15) is 11.2 Å². The molecule has 0 aliphatic carbocycles. The molecule has 0 spiro atoms. The molecule has 0 saturated carbocycles. The van der Waals surface area contributed by atoms with E-state index in [2.05, 4.69) is 5.32 Å². The Morgan fingerprint density at radius 2 is 2.03 bits per heavy atom. The van der Waals surface area contributed by atoms with Crippen LogP contribution in [0.3, 0.4) is 0 Å². The normalized spacial score (nSPS) is 16.5. The number of carboxylic acids is 1. The number of nitrogens with zero attached hydrogens (tertiary/aromatic N) is 2. The summed E-state index contributed by atoms with van der Waals surface area (Å²) in [6.07, 6.45) is 5.78. The van der Waals surface area contributed by atoms with Gasteiger partial charge in [0.05, 0.1) is 24.2 Å². The molecule has 200 valence electrons. The van der Waals surface area contributed by atoms with Crippen LogP contribution in [0.1, 0.15) is 45.3 Å². The van der Waals surface area contributed by atoms with Gasteiger partial charge in [-0.15, -0.1) is 0 Å². The number of nitrogens with one attached hydrogen (secondary N) is 1. The van der Waals surface area contributed by atoms with Crippen molar-refractivity contribution in [2.75, 3.05) is 6.61 Å². The first-order chi connectivity index (χ1) is 18.8. The Labute approximate surface area is 228 Å². The van der Waals surface area contributed by atoms with Gasteiger partial charge in [0.15, 0.2) is 11.6 Å². The van der Waals surface area contributed by atoms with Crippen LogP contribution in [0, 0.1) is 25.5 Å². The number of aromatic nitrogens is 2. The van der Waals surface area contributed by atoms with Gasteiger partial charge in [-0.2, -0.15) is 5.10 Å². The first kappa shape index (κ1) is 25.4. The maximum absolute atomic E-state index is 15.3. The molecular weight excluding hydrogens is 520 g/mol. The average Bonchev–Trinajstić information content (AvgIpc) is 3.55. The molecule has 2 aromatic carbocycles. The number of hydrogen-bond donors (Lipinski definition) is 2. The van der Waals surface area contributed by atoms with E-state index in [4.69, 9.17) is 9.84 Å². The molecule has 4 aromatic rings. The topological polar surface area (TPSA) is 75.9 Å². The molecular formula is C30H27F2N3O3S. The minimum Gasteiger partial charge on any atom is -0.490 e. The number of benzene rings is 2. The van der Waals surface area contributed by atoms with Crippen LogP contribution < -0.4 is 10.1 Å². The van der Waals surface area contributed by atoms with Gasteiger partial charge in [-0.25, -0.2) is 13.3 Å². The maximum atomic E-state index is 15.3. The Bertz CT molecular complexity index is 1650. The van der Waals surface area contributed by atoms with Crippen LogP contribution in [0.25, 0.3) is 16.6 Å². The van der Waals surface area contributed by atoms with Crippen molar-refractivity contribution in [1.82, 2.24) is 14.9 Å². The largest absolute Gasteiger partial charge is 0.490 e. The summed E-state index contributed by atoms with van der Waals surface area (Å²) in [4.78, 5) is 13.0. The van der Waals surface area contributed by atoms with Gasteiger partial charge < -0.3 is 15.2 Å². The van der Waals surface area contributed by atoms with E-state index >= 15 is 4.39 Å². The van der Waals surface area contributed by atoms with Crippen LogP contribution in [0.4, 0.5) is 8.78 Å². The summed E-state index contributed by atoms with van der Waals surface area (Å²) < 4.78 is 36.0. The zero-order valence-electron chi connectivity index (χ0n) is 21.6. The molecule has 2 aromatic heterocycles. The van der Waals surface area contributed by atoms with E-state index < -0.39 is 11.8 Å². The molecule has 1 unspecified atom stereocenters. The number of aliphatic carboxylic acids is 1. The fraction of sp³-hybridized carbons (Fsp3) is 0.267. The van der Waals surface area contributed by atoms with E-state index in [0.717, 1.165) is 44.8 Å². The van der Waals surface area contributed by atoms with Crippen LogP contribution in [-0.2, 0) is 24.1 Å². The summed E-state index contributed by atoms with van der Waals surface area (Å²) in [6.45, 7) is 4.29. The lowest BCUT2D eigenvalue weighted by atomic mass is 9.88. The molecule has 2 N–H and O–H groups in total. The van der Waals surface area contributed by atoms with Gasteiger partial charge in [-0.3, -0.25) is 4.79 Å². The number of halogens is 2. The number of carboxylic acid groups (broad SMARTS) is 1. The van der Waals surface area contributed by atoms with Crippen molar-refractivity contribution in [2.24, 2.45) is 0 Å². The van der Waals surface area contributed by atoms with Crippen LogP contribution >= 0.6 is 11.8 Å². The van der Waals surface area contributed by atoms with Crippen molar-refractivity contribution in [3.8, 4) is 16.9 Å². The summed E-state index contributed by atoms with van der Waals surface area (Å²) >= 11 is 1.63. The van der Waals surface area contributed by atoms with E-state index in [1.165, 1.54) is 18.2 Å². The van der Waals surface area contributed by atoms with Crippen molar-refractivity contribution >= 4 is 23.2 Å². The zero-order valence-corrected chi connectivity index (χ0v) is 22.4. The number of ether oxygens (including phenoxy) is 1. The molecule has 0 radical (unpaired) electrons. The second kappa shape index (κ2) is 10.0. The number of rotatable bonds is 6. The molecule has 0 fully saturated rings. The number of fused-ring (bicyclic) bond motifs is 2. The van der Waals surface area contributed by atoms with Gasteiger partial charge in [-0.1, -0.05) is 23.9 Å². The second-order valence-electron chi connectivity index (χ2n) is 10.0. The molecule has 0 amide bonds. The van der Waals surface area contributed by atoms with Crippen LogP contribution in [-0.4, -0.2) is 27.3 Å². The Hall–Kier alpha value is -3.85. The number of pyridine rings is 1. The molecule has 9 heteroatoms. The summed E-state index contributed by atoms with van der Waals surface area (Å²) in [5.41, 5.74) is 6.99. The van der Waals surface area contributed by atoms with E-state index in [1.807, 2.05) is 32.3 Å². The van der Waals surface area contributed by atoms with E-state index in [9.17, 15) is 14.3 Å². The third-order valence-corrected chi connectivity index (χ3v) is 8.54. The minimum absolute atomic E-state index is 0.147. The van der Waals surface area contributed by atoms with Crippen molar-refractivity contribution in [2.45, 2.75) is 44.9 Å². The first-order valence-electron chi connectivity index (χ1n) is 12.8. The molecule has 2 aliphatic rings. The molecule has 4 heterocycles. The van der Waals surface area contributed by atoms with Gasteiger partial charge in [0.25, 0.3) is 0 Å². The van der Waals surface area contributed by atoms with Gasteiger partial charge in [-0.05, 0) is 78.8 Å². The predicted octanol–water partition coefficient (Wildman–Crippen LogP) is 6.27. The SMILES string of the molecule is Cc1cn2nc(C3NC=C(Cc4ccc(F)cc4)S3)cc2c(-c2cc(F)c3c(c2C)CCCO3)c1CC(=O)O. The number of aryl methyl sites for hydroxylation is 1. The standard InChI is InChI=1S/C30H27F2N3O3S/c1-16-15-35-26(13-25(34-35)30-33-14-20(39-30)10-18-5-7-19(31)8-6-18)28(22(16)12-27(36)37)23-11-24(32)29-21(17(23)2)4-3-9-38-29/h5-8,11,13-15,30,33H,3-4,9-10,12H2,1-2H3,(H,36,37). The smallest absolute Gasteiger partial charge is 0.307 e. The quantitative estimate of drug-likeness (QED) is 0.297. The highest BCUT2D eigenvalue weighted by atomic mass is 32.2. The Morgan fingerprint density at radius 3 is 2.79 bits per heavy atom. The van der Waals surface area contributed by atoms with Crippen molar-refractivity contribution in [1.29, 1.82) is 0 Å². The van der Waals surface area contributed by atoms with Crippen molar-refractivity contribution in [3.05, 3.63) is 98.8 Å². The second-order valence-corrected chi connectivity index (χ2v) is 11.2. The Morgan fingerprint density at radius 1 is 1.23 bits per heavy atom. The number of thioether (sulfide) groups is 1. The van der Waals surface area contributed by atoms with Crippen LogP contribution in [0.5, 0.6) is 5.75 Å². The first-order valence-corrected chi connectivity index (χ1v) is 13.7. The molecule has 0 bridgehead atoms. The minimum atomic E-state index is -0.953. The third-order valence-electron chi connectivity index (χ3n) is 7.36. The predicted molar refractivity (Wildman–Crippen MR) is 147 cm³/mol. The van der Waals surface area contributed by atoms with E-state index in [-0.39, 0.29) is 17.6 Å². The Kier molecular flexibility index (Phi) is 6.54. The summed E-state index contributed by atoms with van der Waals surface area (Å²) in [5, 5.41) is 17.8. The monoisotopic (exact) mass is 547 g/mol. The van der Waals surface area contributed by atoms with Gasteiger partial charge in [0, 0.05) is 34.8 Å². The highest BCUT2D eigenvalue weighted by molar-refractivity contribution is 8.03. The summed E-state index contributed by atoms with van der Waals surface area (Å²) in [7, 11) is 0. The van der Waals surface area contributed by atoms with Crippen LogP contribution in [0.2, 0.25) is 0 Å². The lowest BCUT2D eigenvalue weighted by Gasteiger charge is -2.23. The summed E-state index contributed by atoms with van der Waals surface area (Å²) in [6, 6.07) is 9.89. The van der Waals surface area contributed by atoms with Gasteiger partial charge >= 0.3 is 5.97 Å². The van der Waals surface area contributed by atoms with Crippen molar-refractivity contribution in [3.63, 3.8) is 0 Å². The van der Waals surface area contributed by atoms with Crippen LogP contribution in [0.15, 0.2) is 53.7 Å². The zero-order chi connectivity index (χ0) is 27.3. The highest BCUT2D eigenvalue weighted by Crippen LogP contribution is 2.43. The number of hydrogen-bond acceptors (Lipinski definition) is 5. The molecule has 1 atom stereocenters. The highest BCUT2D eigenvalue weighted by Gasteiger charge is 2.27.